The monoisotopic (exact) mass is 383 g/mol. The summed E-state index contributed by atoms with van der Waals surface area (Å²) in [5.41, 5.74) is 0. The van der Waals surface area contributed by atoms with Gasteiger partial charge in [-0.3, -0.25) is 4.79 Å². The van der Waals surface area contributed by atoms with Gasteiger partial charge in [-0.15, -0.1) is 0 Å². The smallest absolute Gasteiger partial charge is 0.303 e. The maximum absolute atomic E-state index is 10.5. The predicted molar refractivity (Wildman–Crippen MR) is 118 cm³/mol. The molecule has 3 heteroatoms. The van der Waals surface area contributed by atoms with Crippen molar-refractivity contribution in [3.05, 3.63) is 0 Å². The van der Waals surface area contributed by atoms with Crippen LogP contribution in [0.1, 0.15) is 124 Å². The van der Waals surface area contributed by atoms with Gasteiger partial charge < -0.3 is 10.0 Å². The molecule has 0 aromatic heterocycles. The van der Waals surface area contributed by atoms with Crippen molar-refractivity contribution in [2.75, 3.05) is 19.6 Å². The molecule has 0 aliphatic heterocycles. The van der Waals surface area contributed by atoms with E-state index in [0.29, 0.717) is 6.42 Å². The fourth-order valence-corrected chi connectivity index (χ4v) is 3.97. The lowest BCUT2D eigenvalue weighted by Gasteiger charge is -2.23. The average molecular weight is 384 g/mol. The zero-order chi connectivity index (χ0) is 20.2. The van der Waals surface area contributed by atoms with Crippen molar-refractivity contribution in [3.63, 3.8) is 0 Å². The molecule has 0 aliphatic rings. The second kappa shape index (κ2) is 20.2. The Hall–Kier alpha value is -0.570. The highest BCUT2D eigenvalue weighted by atomic mass is 16.4. The summed E-state index contributed by atoms with van der Waals surface area (Å²) in [5.74, 6) is 0.284. The summed E-state index contributed by atoms with van der Waals surface area (Å²) in [6.07, 6.45) is 20.0. The van der Waals surface area contributed by atoms with Gasteiger partial charge in [-0.2, -0.15) is 0 Å². The zero-order valence-electron chi connectivity index (χ0n) is 18.8. The van der Waals surface area contributed by atoms with Crippen LogP contribution in [0, 0.1) is 5.92 Å². The van der Waals surface area contributed by atoms with Crippen LogP contribution < -0.4 is 0 Å². The molecule has 0 bridgehead atoms. The van der Waals surface area contributed by atoms with Crippen LogP contribution >= 0.6 is 0 Å². The van der Waals surface area contributed by atoms with E-state index in [4.69, 9.17) is 5.11 Å². The molecule has 1 atom stereocenters. The van der Waals surface area contributed by atoms with Crippen LogP contribution in [-0.4, -0.2) is 35.6 Å². The van der Waals surface area contributed by atoms with Gasteiger partial charge in [0.25, 0.3) is 0 Å². The normalized spacial score (nSPS) is 12.6. The van der Waals surface area contributed by atoms with E-state index in [1.54, 1.807) is 0 Å². The lowest BCUT2D eigenvalue weighted by atomic mass is 9.91. The fourth-order valence-electron chi connectivity index (χ4n) is 3.97. The molecule has 0 heterocycles. The molecule has 0 spiro atoms. The Balaban J connectivity index is 3.68. The molecule has 162 valence electrons. The van der Waals surface area contributed by atoms with E-state index in [-0.39, 0.29) is 0 Å². The fraction of sp³-hybridized carbons (Fsp3) is 0.958. The quantitative estimate of drug-likeness (QED) is 0.211. The minimum absolute atomic E-state index is 0.341. The Morgan fingerprint density at radius 1 is 0.704 bits per heavy atom. The van der Waals surface area contributed by atoms with Gasteiger partial charge in [0.1, 0.15) is 0 Å². The first-order valence-electron chi connectivity index (χ1n) is 12.1. The Labute approximate surface area is 170 Å². The average Bonchev–Trinajstić information content (AvgIpc) is 2.66. The second-order valence-corrected chi connectivity index (χ2v) is 8.29. The van der Waals surface area contributed by atoms with E-state index in [0.717, 1.165) is 18.8 Å². The second-order valence-electron chi connectivity index (χ2n) is 8.29. The zero-order valence-corrected chi connectivity index (χ0v) is 18.8. The number of hydrogen-bond acceptors (Lipinski definition) is 2. The minimum atomic E-state index is -0.653. The first-order valence-corrected chi connectivity index (χ1v) is 12.1. The highest BCUT2D eigenvalue weighted by Crippen LogP contribution is 2.22. The van der Waals surface area contributed by atoms with Gasteiger partial charge in [-0.1, -0.05) is 104 Å². The number of carboxylic acid groups (broad SMARTS) is 1. The number of hydrogen-bond donors (Lipinski definition) is 1. The summed E-state index contributed by atoms with van der Waals surface area (Å²) in [6.45, 7) is 10.5. The number of carboxylic acids is 1. The number of nitrogens with zero attached hydrogens (tertiary/aromatic N) is 1. The predicted octanol–water partition coefficient (Wildman–Crippen LogP) is 7.29. The molecule has 1 unspecified atom stereocenters. The van der Waals surface area contributed by atoms with E-state index < -0.39 is 5.97 Å². The Bertz CT molecular complexity index is 316. The van der Waals surface area contributed by atoms with Crippen LogP contribution in [0.25, 0.3) is 0 Å². The molecular formula is C24H49NO2. The van der Waals surface area contributed by atoms with Crippen molar-refractivity contribution in [3.8, 4) is 0 Å². The van der Waals surface area contributed by atoms with Crippen molar-refractivity contribution in [1.29, 1.82) is 0 Å². The maximum atomic E-state index is 10.5. The van der Waals surface area contributed by atoms with Crippen LogP contribution in [0.5, 0.6) is 0 Å². The summed E-state index contributed by atoms with van der Waals surface area (Å²) >= 11 is 0. The van der Waals surface area contributed by atoms with E-state index in [1.807, 2.05) is 0 Å². The third kappa shape index (κ3) is 18.6. The molecule has 0 aliphatic carbocycles. The van der Waals surface area contributed by atoms with Crippen LogP contribution in [0.4, 0.5) is 0 Å². The van der Waals surface area contributed by atoms with E-state index in [9.17, 15) is 4.79 Å². The minimum Gasteiger partial charge on any atom is -0.481 e. The Morgan fingerprint density at radius 3 is 1.67 bits per heavy atom. The standard InChI is InChI=1S/C24H49NO2/c1-4-7-15-18-23(21-22-25(5-2)6-3)19-16-13-11-9-8-10-12-14-17-20-24(26)27/h23H,4-22H2,1-3H3,(H,26,27). The summed E-state index contributed by atoms with van der Waals surface area (Å²) in [5, 5.41) is 8.62. The van der Waals surface area contributed by atoms with Crippen molar-refractivity contribution in [2.24, 2.45) is 5.92 Å². The number of carbonyl (C=O) groups is 1. The highest BCUT2D eigenvalue weighted by Gasteiger charge is 2.10. The van der Waals surface area contributed by atoms with E-state index in [2.05, 4.69) is 25.7 Å². The van der Waals surface area contributed by atoms with Crippen LogP contribution in [-0.2, 0) is 4.79 Å². The van der Waals surface area contributed by atoms with E-state index in [1.165, 1.54) is 103 Å². The van der Waals surface area contributed by atoms with Gasteiger partial charge in [0.2, 0.25) is 0 Å². The topological polar surface area (TPSA) is 40.5 Å². The largest absolute Gasteiger partial charge is 0.481 e. The molecule has 0 aromatic carbocycles. The molecule has 0 rings (SSSR count). The molecule has 1 N–H and O–H groups in total. The van der Waals surface area contributed by atoms with Crippen LogP contribution in [0.3, 0.4) is 0 Å². The SMILES string of the molecule is CCCCCC(CCCCCCCCCCCC(=O)O)CCN(CC)CC. The molecule has 0 radical (unpaired) electrons. The van der Waals surface area contributed by atoms with Crippen molar-refractivity contribution >= 4 is 5.97 Å². The number of unbranched alkanes of at least 4 members (excludes halogenated alkanes) is 10. The summed E-state index contributed by atoms with van der Waals surface area (Å²) in [4.78, 5) is 13.0. The Kier molecular flexibility index (Phi) is 19.7. The summed E-state index contributed by atoms with van der Waals surface area (Å²) in [7, 11) is 0. The first kappa shape index (κ1) is 26.4. The number of aliphatic carboxylic acids is 1. The maximum Gasteiger partial charge on any atom is 0.303 e. The molecule has 27 heavy (non-hydrogen) atoms. The molecule has 0 aromatic rings. The molecule has 0 saturated carbocycles. The first-order chi connectivity index (χ1) is 13.1. The van der Waals surface area contributed by atoms with Crippen molar-refractivity contribution in [2.45, 2.75) is 124 Å². The highest BCUT2D eigenvalue weighted by molar-refractivity contribution is 5.66. The van der Waals surface area contributed by atoms with Crippen molar-refractivity contribution in [1.82, 2.24) is 4.90 Å². The molecule has 0 fully saturated rings. The third-order valence-corrected chi connectivity index (χ3v) is 5.97. The van der Waals surface area contributed by atoms with Gasteiger partial charge >= 0.3 is 5.97 Å². The Morgan fingerprint density at radius 2 is 1.19 bits per heavy atom. The van der Waals surface area contributed by atoms with Gasteiger partial charge in [0.15, 0.2) is 0 Å². The van der Waals surface area contributed by atoms with Crippen LogP contribution in [0.15, 0.2) is 0 Å². The summed E-state index contributed by atoms with van der Waals surface area (Å²) in [6, 6.07) is 0. The van der Waals surface area contributed by atoms with Crippen molar-refractivity contribution < 1.29 is 9.90 Å². The number of rotatable bonds is 21. The lowest BCUT2D eigenvalue weighted by molar-refractivity contribution is -0.137. The lowest BCUT2D eigenvalue weighted by Crippen LogP contribution is -2.25. The van der Waals surface area contributed by atoms with Gasteiger partial charge in [0.05, 0.1) is 0 Å². The van der Waals surface area contributed by atoms with Gasteiger partial charge in [-0.25, -0.2) is 0 Å². The molecule has 0 saturated heterocycles. The molecule has 3 nitrogen and oxygen atoms in total. The molecular weight excluding hydrogens is 334 g/mol. The van der Waals surface area contributed by atoms with Gasteiger partial charge in [0, 0.05) is 6.42 Å². The summed E-state index contributed by atoms with van der Waals surface area (Å²) < 4.78 is 0. The van der Waals surface area contributed by atoms with Crippen LogP contribution in [0.2, 0.25) is 0 Å². The van der Waals surface area contributed by atoms with E-state index >= 15 is 0 Å². The third-order valence-electron chi connectivity index (χ3n) is 5.97. The van der Waals surface area contributed by atoms with Gasteiger partial charge in [-0.05, 0) is 38.4 Å². The molecule has 0 amide bonds.